The molecule has 0 aliphatic rings. The molecule has 0 N–H and O–H groups in total. The van der Waals surface area contributed by atoms with E-state index in [0.29, 0.717) is 25.0 Å². The second kappa shape index (κ2) is 12.0. The van der Waals surface area contributed by atoms with E-state index in [2.05, 4.69) is 6.07 Å². The van der Waals surface area contributed by atoms with Gasteiger partial charge in [-0.15, -0.1) is 0 Å². The van der Waals surface area contributed by atoms with E-state index in [4.69, 9.17) is 14.7 Å². The summed E-state index contributed by atoms with van der Waals surface area (Å²) < 4.78 is 76.8. The predicted molar refractivity (Wildman–Crippen MR) is 117 cm³/mol. The van der Waals surface area contributed by atoms with E-state index in [0.717, 1.165) is 36.1 Å². The number of rotatable bonds is 11. The maximum atomic E-state index is 13.5. The van der Waals surface area contributed by atoms with Crippen LogP contribution < -0.4 is 9.47 Å². The third kappa shape index (κ3) is 6.25. The van der Waals surface area contributed by atoms with Gasteiger partial charge in [0.05, 0.1) is 24.8 Å². The largest absolute Gasteiger partial charge is 0.494 e. The zero-order valence-corrected chi connectivity index (χ0v) is 18.2. The van der Waals surface area contributed by atoms with Gasteiger partial charge in [0.2, 0.25) is 29.1 Å². The number of ether oxygens (including phenoxy) is 2. The summed E-state index contributed by atoms with van der Waals surface area (Å²) in [5, 5.41) is 8.87. The van der Waals surface area contributed by atoms with Crippen LogP contribution in [0.2, 0.25) is 0 Å². The average molecular weight is 475 g/mol. The molecule has 0 spiro atoms. The number of benzene rings is 3. The van der Waals surface area contributed by atoms with E-state index in [1.807, 2.05) is 36.4 Å². The van der Waals surface area contributed by atoms with Gasteiger partial charge in [0.1, 0.15) is 5.75 Å². The van der Waals surface area contributed by atoms with Gasteiger partial charge in [-0.3, -0.25) is 0 Å². The summed E-state index contributed by atoms with van der Waals surface area (Å²) in [5.74, 6) is -10.7. The Balaban J connectivity index is 1.31. The molecule has 0 aliphatic heterocycles. The van der Waals surface area contributed by atoms with E-state index in [1.54, 1.807) is 12.1 Å². The van der Waals surface area contributed by atoms with E-state index >= 15 is 0 Å². The lowest BCUT2D eigenvalue weighted by Gasteiger charge is -2.10. The first-order valence-electron chi connectivity index (χ1n) is 10.8. The molecule has 0 radical (unpaired) electrons. The molecule has 0 saturated carbocycles. The van der Waals surface area contributed by atoms with Crippen LogP contribution in [0.25, 0.3) is 11.1 Å². The van der Waals surface area contributed by atoms with Crippen molar-refractivity contribution in [3.05, 3.63) is 83.2 Å². The molecule has 3 rings (SSSR count). The van der Waals surface area contributed by atoms with Gasteiger partial charge in [0, 0.05) is 0 Å². The van der Waals surface area contributed by atoms with Crippen molar-refractivity contribution in [3.63, 3.8) is 0 Å². The summed E-state index contributed by atoms with van der Waals surface area (Å²) in [6.45, 7) is 0.373. The topological polar surface area (TPSA) is 42.2 Å². The number of hydrogen-bond acceptors (Lipinski definition) is 3. The van der Waals surface area contributed by atoms with Gasteiger partial charge in [-0.05, 0) is 48.2 Å². The van der Waals surface area contributed by atoms with Gasteiger partial charge in [-0.2, -0.15) is 14.0 Å². The first-order chi connectivity index (χ1) is 16.4. The molecule has 0 aromatic heterocycles. The maximum absolute atomic E-state index is 13.5. The summed E-state index contributed by atoms with van der Waals surface area (Å²) in [5.41, 5.74) is 2.64. The Morgan fingerprint density at radius 2 is 1.00 bits per heavy atom. The Hall–Kier alpha value is -3.60. The van der Waals surface area contributed by atoms with Crippen LogP contribution in [0.15, 0.2) is 48.5 Å². The molecule has 0 atom stereocenters. The summed E-state index contributed by atoms with van der Waals surface area (Å²) in [7, 11) is 0. The molecule has 0 unspecified atom stereocenters. The van der Waals surface area contributed by atoms with E-state index < -0.39 is 34.8 Å². The van der Waals surface area contributed by atoms with Crippen LogP contribution in [0.3, 0.4) is 0 Å². The molecular formula is C26H22F5NO2. The molecule has 34 heavy (non-hydrogen) atoms. The summed E-state index contributed by atoms with van der Waals surface area (Å²) >= 11 is 0. The minimum Gasteiger partial charge on any atom is -0.494 e. The average Bonchev–Trinajstić information content (AvgIpc) is 2.87. The Morgan fingerprint density at radius 3 is 1.53 bits per heavy atom. The Morgan fingerprint density at radius 1 is 0.559 bits per heavy atom. The van der Waals surface area contributed by atoms with Gasteiger partial charge in [-0.25, -0.2) is 13.2 Å². The fourth-order valence-corrected chi connectivity index (χ4v) is 3.29. The molecule has 0 bridgehead atoms. The lowest BCUT2D eigenvalue weighted by molar-refractivity contribution is 0.254. The van der Waals surface area contributed by atoms with Gasteiger partial charge in [-0.1, -0.05) is 43.5 Å². The van der Waals surface area contributed by atoms with Gasteiger partial charge >= 0.3 is 0 Å². The summed E-state index contributed by atoms with van der Waals surface area (Å²) in [6.07, 6.45) is 3.55. The summed E-state index contributed by atoms with van der Waals surface area (Å²) in [6, 6.07) is 17.1. The molecule has 3 aromatic carbocycles. The van der Waals surface area contributed by atoms with Crippen molar-refractivity contribution in [2.45, 2.75) is 32.1 Å². The minimum atomic E-state index is -2.20. The van der Waals surface area contributed by atoms with Crippen LogP contribution in [-0.2, 0) is 0 Å². The lowest BCUT2D eigenvalue weighted by Crippen LogP contribution is -2.08. The normalized spacial score (nSPS) is 10.7. The number of nitriles is 1. The van der Waals surface area contributed by atoms with E-state index in [9.17, 15) is 22.0 Å². The van der Waals surface area contributed by atoms with E-state index in [-0.39, 0.29) is 6.61 Å². The van der Waals surface area contributed by atoms with Crippen molar-refractivity contribution < 1.29 is 31.4 Å². The van der Waals surface area contributed by atoms with Crippen molar-refractivity contribution in [1.82, 2.24) is 0 Å². The molecule has 0 heterocycles. The quantitative estimate of drug-likeness (QED) is 0.126. The van der Waals surface area contributed by atoms with E-state index in [1.165, 1.54) is 0 Å². The SMILES string of the molecule is N#Cc1ccc(-c2ccc(OCCCCCCCOc3c(F)c(F)c(F)c(F)c3F)cc2)cc1. The Labute approximate surface area is 194 Å². The molecule has 3 nitrogen and oxygen atoms in total. The van der Waals surface area contributed by atoms with Crippen molar-refractivity contribution >= 4 is 0 Å². The maximum Gasteiger partial charge on any atom is 0.206 e. The van der Waals surface area contributed by atoms with Crippen LogP contribution in [0.4, 0.5) is 22.0 Å². The zero-order valence-electron chi connectivity index (χ0n) is 18.2. The first kappa shape index (κ1) is 25.0. The number of hydrogen-bond donors (Lipinski definition) is 0. The first-order valence-corrected chi connectivity index (χ1v) is 10.8. The molecule has 0 saturated heterocycles. The lowest BCUT2D eigenvalue weighted by atomic mass is 10.0. The van der Waals surface area contributed by atoms with Crippen LogP contribution in [0.5, 0.6) is 11.5 Å². The highest BCUT2D eigenvalue weighted by atomic mass is 19.2. The molecule has 0 amide bonds. The molecule has 178 valence electrons. The summed E-state index contributed by atoms with van der Waals surface area (Å²) in [4.78, 5) is 0. The molecular weight excluding hydrogens is 453 g/mol. The smallest absolute Gasteiger partial charge is 0.206 e. The number of halogens is 5. The van der Waals surface area contributed by atoms with Crippen molar-refractivity contribution in [1.29, 1.82) is 5.26 Å². The highest BCUT2D eigenvalue weighted by Gasteiger charge is 2.26. The minimum absolute atomic E-state index is 0.152. The Bertz CT molecular complexity index is 1110. The zero-order chi connectivity index (χ0) is 24.5. The van der Waals surface area contributed by atoms with Crippen LogP contribution in [0.1, 0.15) is 37.7 Å². The molecule has 0 aliphatic carbocycles. The second-order valence-corrected chi connectivity index (χ2v) is 7.58. The van der Waals surface area contributed by atoms with Crippen LogP contribution in [0, 0.1) is 40.4 Å². The highest BCUT2D eigenvalue weighted by molar-refractivity contribution is 5.64. The van der Waals surface area contributed by atoms with Crippen molar-refractivity contribution in [2.24, 2.45) is 0 Å². The van der Waals surface area contributed by atoms with Gasteiger partial charge in [0.15, 0.2) is 5.75 Å². The third-order valence-corrected chi connectivity index (χ3v) is 5.17. The van der Waals surface area contributed by atoms with Gasteiger partial charge < -0.3 is 9.47 Å². The fraction of sp³-hybridized carbons (Fsp3) is 0.269. The highest BCUT2D eigenvalue weighted by Crippen LogP contribution is 2.29. The molecule has 3 aromatic rings. The fourth-order valence-electron chi connectivity index (χ4n) is 3.29. The standard InChI is InChI=1S/C26H22F5NO2/c27-21-22(28)24(30)26(25(31)23(21)29)34-15-5-3-1-2-4-14-33-20-12-10-19(11-13-20)18-8-6-17(16-32)7-9-18/h6-13H,1-5,14-15H2. The monoisotopic (exact) mass is 475 g/mol. The predicted octanol–water partition coefficient (Wildman–Crippen LogP) is 7.33. The number of unbranched alkanes of at least 4 members (excludes halogenated alkanes) is 4. The van der Waals surface area contributed by atoms with Gasteiger partial charge in [0.25, 0.3) is 0 Å². The third-order valence-electron chi connectivity index (χ3n) is 5.17. The van der Waals surface area contributed by atoms with Crippen LogP contribution >= 0.6 is 0 Å². The number of nitrogens with zero attached hydrogens (tertiary/aromatic N) is 1. The van der Waals surface area contributed by atoms with Crippen molar-refractivity contribution in [3.8, 4) is 28.7 Å². The molecule has 0 fully saturated rings. The van der Waals surface area contributed by atoms with Crippen molar-refractivity contribution in [2.75, 3.05) is 13.2 Å². The Kier molecular flexibility index (Phi) is 8.86. The van der Waals surface area contributed by atoms with Crippen LogP contribution in [-0.4, -0.2) is 13.2 Å². The second-order valence-electron chi connectivity index (χ2n) is 7.58. The molecule has 8 heteroatoms.